The van der Waals surface area contributed by atoms with E-state index in [0.29, 0.717) is 0 Å². The van der Waals surface area contributed by atoms with Gasteiger partial charge in [-0.05, 0) is 40.9 Å². The number of nitrogens with two attached hydrogens (primary N) is 1. The Hall–Kier alpha value is -1.42. The zero-order chi connectivity index (χ0) is 9.97. The molecule has 4 heteroatoms. The van der Waals surface area contributed by atoms with Crippen molar-refractivity contribution >= 4 is 11.0 Å². The zero-order valence-corrected chi connectivity index (χ0v) is 8.10. The number of aromatic nitrogens is 2. The molecule has 2 N–H and O–H groups in total. The van der Waals surface area contributed by atoms with E-state index in [1.165, 1.54) is 5.56 Å². The van der Waals surface area contributed by atoms with E-state index in [0.717, 1.165) is 23.9 Å². The molecule has 0 fully saturated rings. The van der Waals surface area contributed by atoms with Gasteiger partial charge in [0.1, 0.15) is 11.0 Å². The lowest BCUT2D eigenvalue weighted by Gasteiger charge is -2.07. The Morgan fingerprint density at radius 3 is 2.93 bits per heavy atom. The summed E-state index contributed by atoms with van der Waals surface area (Å²) in [7, 11) is 0. The molecule has 1 atom stereocenters. The highest BCUT2D eigenvalue weighted by Gasteiger charge is 2.04. The molecule has 1 aromatic carbocycles. The molecule has 2 rings (SSSR count). The first kappa shape index (κ1) is 9.15. The maximum Gasteiger partial charge on any atom is 0.135 e. The van der Waals surface area contributed by atoms with Crippen LogP contribution in [0.3, 0.4) is 0 Å². The van der Waals surface area contributed by atoms with Gasteiger partial charge in [0, 0.05) is 6.04 Å². The molecular weight excluding hydrogens is 178 g/mol. The molecule has 0 aliphatic heterocycles. The zero-order valence-electron chi connectivity index (χ0n) is 8.10. The first-order chi connectivity index (χ1) is 6.79. The highest BCUT2D eigenvalue weighted by Crippen LogP contribution is 2.13. The quantitative estimate of drug-likeness (QED) is 0.798. The lowest BCUT2D eigenvalue weighted by Crippen LogP contribution is -2.21. The summed E-state index contributed by atoms with van der Waals surface area (Å²) in [6.45, 7) is 2.08. The van der Waals surface area contributed by atoms with Gasteiger partial charge in [0.25, 0.3) is 0 Å². The average Bonchev–Trinajstić information content (AvgIpc) is 2.64. The van der Waals surface area contributed by atoms with Crippen molar-refractivity contribution in [2.45, 2.75) is 25.8 Å². The summed E-state index contributed by atoms with van der Waals surface area (Å²) in [4.78, 5) is 0. The fourth-order valence-corrected chi connectivity index (χ4v) is 1.40. The van der Waals surface area contributed by atoms with Crippen LogP contribution in [0.4, 0.5) is 0 Å². The molecule has 1 unspecified atom stereocenters. The summed E-state index contributed by atoms with van der Waals surface area (Å²) in [5.41, 5.74) is 8.64. The minimum absolute atomic E-state index is 0.215. The highest BCUT2D eigenvalue weighted by atomic mass is 16.6. The first-order valence-corrected chi connectivity index (χ1v) is 4.76. The van der Waals surface area contributed by atoms with E-state index in [4.69, 9.17) is 5.73 Å². The van der Waals surface area contributed by atoms with E-state index in [9.17, 15) is 0 Å². The largest absolute Gasteiger partial charge is 0.327 e. The molecule has 14 heavy (non-hydrogen) atoms. The predicted octanol–water partition coefficient (Wildman–Crippen LogP) is 1.50. The van der Waals surface area contributed by atoms with Crippen LogP contribution >= 0.6 is 0 Å². The van der Waals surface area contributed by atoms with E-state index < -0.39 is 0 Å². The van der Waals surface area contributed by atoms with Crippen LogP contribution in [0.5, 0.6) is 0 Å². The van der Waals surface area contributed by atoms with Gasteiger partial charge in [-0.3, -0.25) is 0 Å². The van der Waals surface area contributed by atoms with Crippen molar-refractivity contribution in [1.29, 1.82) is 0 Å². The maximum absolute atomic E-state index is 5.86. The van der Waals surface area contributed by atoms with Gasteiger partial charge in [0.05, 0.1) is 0 Å². The van der Waals surface area contributed by atoms with Gasteiger partial charge in [-0.25, -0.2) is 4.63 Å². The summed E-state index contributed by atoms with van der Waals surface area (Å²) in [6.07, 6.45) is 1.86. The van der Waals surface area contributed by atoms with Gasteiger partial charge in [-0.1, -0.05) is 13.0 Å². The van der Waals surface area contributed by atoms with E-state index in [-0.39, 0.29) is 6.04 Å². The Morgan fingerprint density at radius 2 is 2.14 bits per heavy atom. The lowest BCUT2D eigenvalue weighted by molar-refractivity contribution is 0.315. The van der Waals surface area contributed by atoms with Crippen LogP contribution in [0.15, 0.2) is 22.8 Å². The number of hydrogen-bond acceptors (Lipinski definition) is 4. The molecular formula is C10H13N3O. The molecule has 0 spiro atoms. The van der Waals surface area contributed by atoms with Gasteiger partial charge in [0.2, 0.25) is 0 Å². The summed E-state index contributed by atoms with van der Waals surface area (Å²) < 4.78 is 4.62. The van der Waals surface area contributed by atoms with Crippen LogP contribution in [0.25, 0.3) is 11.0 Å². The normalized spacial score (nSPS) is 13.3. The fourth-order valence-electron chi connectivity index (χ4n) is 1.40. The molecule has 1 aromatic heterocycles. The van der Waals surface area contributed by atoms with E-state index in [2.05, 4.69) is 21.9 Å². The molecule has 4 nitrogen and oxygen atoms in total. The first-order valence-electron chi connectivity index (χ1n) is 4.76. The second kappa shape index (κ2) is 3.75. The van der Waals surface area contributed by atoms with Crippen LogP contribution in [0.1, 0.15) is 18.9 Å². The third-order valence-corrected chi connectivity index (χ3v) is 2.34. The van der Waals surface area contributed by atoms with Crippen LogP contribution < -0.4 is 5.73 Å². The SMILES string of the molecule is CCC(N)Cc1ccc2nonc2c1. The van der Waals surface area contributed by atoms with Gasteiger partial charge in [-0.15, -0.1) is 0 Å². The number of nitrogens with zero attached hydrogens (tertiary/aromatic N) is 2. The van der Waals surface area contributed by atoms with Crippen molar-refractivity contribution in [2.75, 3.05) is 0 Å². The van der Waals surface area contributed by atoms with Crippen LogP contribution in [-0.2, 0) is 6.42 Å². The van der Waals surface area contributed by atoms with Crippen molar-refractivity contribution in [3.63, 3.8) is 0 Å². The van der Waals surface area contributed by atoms with Crippen molar-refractivity contribution in [3.05, 3.63) is 23.8 Å². The van der Waals surface area contributed by atoms with Crippen molar-refractivity contribution < 1.29 is 4.63 Å². The highest BCUT2D eigenvalue weighted by molar-refractivity contribution is 5.73. The predicted molar refractivity (Wildman–Crippen MR) is 53.8 cm³/mol. The summed E-state index contributed by atoms with van der Waals surface area (Å²) in [6, 6.07) is 6.11. The van der Waals surface area contributed by atoms with Gasteiger partial charge < -0.3 is 5.73 Å². The minimum atomic E-state index is 0.215. The topological polar surface area (TPSA) is 64.9 Å². The van der Waals surface area contributed by atoms with Crippen LogP contribution in [0.2, 0.25) is 0 Å². The second-order valence-corrected chi connectivity index (χ2v) is 3.46. The van der Waals surface area contributed by atoms with Gasteiger partial charge in [-0.2, -0.15) is 0 Å². The summed E-state index contributed by atoms with van der Waals surface area (Å²) >= 11 is 0. The number of hydrogen-bond donors (Lipinski definition) is 1. The minimum Gasteiger partial charge on any atom is -0.327 e. The molecule has 2 aromatic rings. The third kappa shape index (κ3) is 1.75. The van der Waals surface area contributed by atoms with Crippen molar-refractivity contribution in [1.82, 2.24) is 10.3 Å². The summed E-state index contributed by atoms with van der Waals surface area (Å²) in [5, 5.41) is 7.53. The Bertz CT molecular complexity index is 424. The average molecular weight is 191 g/mol. The van der Waals surface area contributed by atoms with Gasteiger partial charge >= 0.3 is 0 Å². The Labute approximate surface area is 82.0 Å². The van der Waals surface area contributed by atoms with Crippen LogP contribution in [0, 0.1) is 0 Å². The van der Waals surface area contributed by atoms with Crippen LogP contribution in [-0.4, -0.2) is 16.4 Å². The molecule has 74 valence electrons. The number of fused-ring (bicyclic) bond motifs is 1. The molecule has 0 bridgehead atoms. The molecule has 0 amide bonds. The van der Waals surface area contributed by atoms with Gasteiger partial charge in [0.15, 0.2) is 0 Å². The molecule has 0 aliphatic rings. The van der Waals surface area contributed by atoms with E-state index in [1.807, 2.05) is 18.2 Å². The number of rotatable bonds is 3. The second-order valence-electron chi connectivity index (χ2n) is 3.46. The fraction of sp³-hybridized carbons (Fsp3) is 0.400. The monoisotopic (exact) mass is 191 g/mol. The Balaban J connectivity index is 2.25. The number of benzene rings is 1. The smallest absolute Gasteiger partial charge is 0.135 e. The molecule has 0 saturated carbocycles. The summed E-state index contributed by atoms with van der Waals surface area (Å²) in [5.74, 6) is 0. The van der Waals surface area contributed by atoms with Crippen molar-refractivity contribution in [2.24, 2.45) is 5.73 Å². The standard InChI is InChI=1S/C10H13N3O/c1-2-8(11)5-7-3-4-9-10(6-7)13-14-12-9/h3-4,6,8H,2,5,11H2,1H3. The third-order valence-electron chi connectivity index (χ3n) is 2.34. The Kier molecular flexibility index (Phi) is 2.45. The molecule has 0 saturated heterocycles. The molecule has 0 aliphatic carbocycles. The molecule has 0 radical (unpaired) electrons. The maximum atomic E-state index is 5.86. The van der Waals surface area contributed by atoms with E-state index >= 15 is 0 Å². The van der Waals surface area contributed by atoms with E-state index in [1.54, 1.807) is 0 Å². The Morgan fingerprint density at radius 1 is 1.36 bits per heavy atom. The molecule has 1 heterocycles. The lowest BCUT2D eigenvalue weighted by atomic mass is 10.0. The van der Waals surface area contributed by atoms with Crippen molar-refractivity contribution in [3.8, 4) is 0 Å².